The van der Waals surface area contributed by atoms with E-state index in [-0.39, 0.29) is 17.9 Å². The normalized spacial score (nSPS) is 21.5. The van der Waals surface area contributed by atoms with Crippen molar-refractivity contribution in [3.05, 3.63) is 29.5 Å². The van der Waals surface area contributed by atoms with Gasteiger partial charge < -0.3 is 15.4 Å². The molecule has 0 aromatic carbocycles. The lowest BCUT2D eigenvalue weighted by Gasteiger charge is -2.31. The van der Waals surface area contributed by atoms with Crippen molar-refractivity contribution in [3.63, 3.8) is 0 Å². The van der Waals surface area contributed by atoms with Crippen LogP contribution in [0.3, 0.4) is 0 Å². The number of rotatable bonds is 3. The lowest BCUT2D eigenvalue weighted by molar-refractivity contribution is -0.146. The molecule has 6 nitrogen and oxygen atoms in total. The average Bonchev–Trinajstić information content (AvgIpc) is 2.54. The standard InChI is InChI=1S/C15H17ClN4O2/c1-22-15(21)10-8-17-5-4-11(10)19-14-3-2-9-7-18-13(16)6-12(9)20-14/h2-3,6-7,10-11,17H,4-5,8H2,1H3,(H,19,20). The Kier molecular flexibility index (Phi) is 4.40. The molecule has 0 amide bonds. The molecule has 22 heavy (non-hydrogen) atoms. The lowest BCUT2D eigenvalue weighted by Crippen LogP contribution is -2.48. The van der Waals surface area contributed by atoms with E-state index in [9.17, 15) is 4.79 Å². The molecule has 7 heteroatoms. The molecule has 0 radical (unpaired) electrons. The van der Waals surface area contributed by atoms with Crippen LogP contribution in [-0.2, 0) is 9.53 Å². The third-order valence-electron chi connectivity index (χ3n) is 3.86. The number of methoxy groups -OCH3 is 1. The minimum atomic E-state index is -0.225. The molecular weight excluding hydrogens is 304 g/mol. The zero-order valence-electron chi connectivity index (χ0n) is 12.2. The van der Waals surface area contributed by atoms with Crippen LogP contribution >= 0.6 is 11.6 Å². The van der Waals surface area contributed by atoms with E-state index < -0.39 is 0 Å². The minimum absolute atomic E-state index is 0.00374. The molecule has 1 aliphatic rings. The second-order valence-corrected chi connectivity index (χ2v) is 5.66. The monoisotopic (exact) mass is 320 g/mol. The number of carbonyl (C=O) groups is 1. The fraction of sp³-hybridized carbons (Fsp3) is 0.400. The van der Waals surface area contributed by atoms with Crippen LogP contribution in [0.5, 0.6) is 0 Å². The Labute approximate surface area is 133 Å². The molecule has 2 atom stereocenters. The van der Waals surface area contributed by atoms with Gasteiger partial charge in [-0.05, 0) is 25.1 Å². The van der Waals surface area contributed by atoms with Crippen LogP contribution in [0.4, 0.5) is 5.82 Å². The number of ether oxygens (including phenoxy) is 1. The second-order valence-electron chi connectivity index (χ2n) is 5.27. The molecule has 0 saturated carbocycles. The fourth-order valence-electron chi connectivity index (χ4n) is 2.69. The smallest absolute Gasteiger partial charge is 0.312 e. The summed E-state index contributed by atoms with van der Waals surface area (Å²) in [7, 11) is 1.41. The van der Waals surface area contributed by atoms with Crippen LogP contribution in [0.1, 0.15) is 6.42 Å². The maximum Gasteiger partial charge on any atom is 0.312 e. The van der Waals surface area contributed by atoms with E-state index in [0.29, 0.717) is 11.7 Å². The zero-order chi connectivity index (χ0) is 15.5. The van der Waals surface area contributed by atoms with Crippen molar-refractivity contribution in [2.24, 2.45) is 5.92 Å². The molecule has 0 aliphatic carbocycles. The SMILES string of the molecule is COC(=O)C1CNCCC1Nc1ccc2cnc(Cl)cc2n1. The first-order valence-electron chi connectivity index (χ1n) is 7.15. The molecule has 116 valence electrons. The van der Waals surface area contributed by atoms with Gasteiger partial charge in [-0.25, -0.2) is 9.97 Å². The van der Waals surface area contributed by atoms with E-state index in [1.807, 2.05) is 12.1 Å². The number of esters is 1. The molecular formula is C15H17ClN4O2. The van der Waals surface area contributed by atoms with Gasteiger partial charge in [0.1, 0.15) is 11.0 Å². The molecule has 1 aliphatic heterocycles. The quantitative estimate of drug-likeness (QED) is 0.664. The van der Waals surface area contributed by atoms with E-state index in [1.54, 1.807) is 12.3 Å². The number of aromatic nitrogens is 2. The van der Waals surface area contributed by atoms with Gasteiger partial charge >= 0.3 is 5.97 Å². The lowest BCUT2D eigenvalue weighted by atomic mass is 9.93. The Bertz CT molecular complexity index is 694. The number of halogens is 1. The summed E-state index contributed by atoms with van der Waals surface area (Å²) in [6.07, 6.45) is 2.52. The van der Waals surface area contributed by atoms with Crippen LogP contribution in [0.15, 0.2) is 24.4 Å². The molecule has 2 unspecified atom stereocenters. The number of carbonyl (C=O) groups excluding carboxylic acids is 1. The van der Waals surface area contributed by atoms with Crippen LogP contribution in [-0.4, -0.2) is 42.2 Å². The van der Waals surface area contributed by atoms with Crippen molar-refractivity contribution < 1.29 is 9.53 Å². The first kappa shape index (κ1) is 15.0. The minimum Gasteiger partial charge on any atom is -0.469 e. The molecule has 1 saturated heterocycles. The highest BCUT2D eigenvalue weighted by molar-refractivity contribution is 6.29. The zero-order valence-corrected chi connectivity index (χ0v) is 12.9. The topological polar surface area (TPSA) is 76.1 Å². The first-order valence-corrected chi connectivity index (χ1v) is 7.52. The predicted molar refractivity (Wildman–Crippen MR) is 85.0 cm³/mol. The largest absolute Gasteiger partial charge is 0.469 e. The summed E-state index contributed by atoms with van der Waals surface area (Å²) in [6, 6.07) is 5.54. The van der Waals surface area contributed by atoms with E-state index in [0.717, 1.165) is 29.7 Å². The van der Waals surface area contributed by atoms with Crippen LogP contribution in [0.25, 0.3) is 10.9 Å². The first-order chi connectivity index (χ1) is 10.7. The van der Waals surface area contributed by atoms with Gasteiger partial charge in [0.15, 0.2) is 0 Å². The average molecular weight is 321 g/mol. The number of fused-ring (bicyclic) bond motifs is 1. The summed E-state index contributed by atoms with van der Waals surface area (Å²) in [4.78, 5) is 20.5. The third-order valence-corrected chi connectivity index (χ3v) is 4.07. The van der Waals surface area contributed by atoms with E-state index in [2.05, 4.69) is 20.6 Å². The van der Waals surface area contributed by atoms with Gasteiger partial charge in [-0.1, -0.05) is 11.6 Å². The van der Waals surface area contributed by atoms with Gasteiger partial charge in [-0.15, -0.1) is 0 Å². The van der Waals surface area contributed by atoms with Crippen molar-refractivity contribution in [3.8, 4) is 0 Å². The van der Waals surface area contributed by atoms with Crippen molar-refractivity contribution in [2.75, 3.05) is 25.5 Å². The number of hydrogen-bond donors (Lipinski definition) is 2. The highest BCUT2D eigenvalue weighted by Gasteiger charge is 2.31. The van der Waals surface area contributed by atoms with Gasteiger partial charge in [0.05, 0.1) is 18.5 Å². The van der Waals surface area contributed by atoms with Crippen LogP contribution in [0, 0.1) is 5.92 Å². The molecule has 1 fully saturated rings. The maximum atomic E-state index is 11.9. The molecule has 3 heterocycles. The molecule has 3 rings (SSSR count). The van der Waals surface area contributed by atoms with E-state index >= 15 is 0 Å². The van der Waals surface area contributed by atoms with Crippen molar-refractivity contribution in [2.45, 2.75) is 12.5 Å². The summed E-state index contributed by atoms with van der Waals surface area (Å²) in [5.74, 6) is 0.283. The maximum absolute atomic E-state index is 11.9. The Balaban J connectivity index is 1.83. The fourth-order valence-corrected chi connectivity index (χ4v) is 2.84. The molecule has 2 aromatic heterocycles. The summed E-state index contributed by atoms with van der Waals surface area (Å²) < 4.78 is 4.88. The predicted octanol–water partition coefficient (Wildman–Crippen LogP) is 1.85. The van der Waals surface area contributed by atoms with E-state index in [1.165, 1.54) is 7.11 Å². The van der Waals surface area contributed by atoms with Gasteiger partial charge in [0.2, 0.25) is 0 Å². The number of nitrogens with one attached hydrogen (secondary N) is 2. The Morgan fingerprint density at radius 3 is 3.18 bits per heavy atom. The van der Waals surface area contributed by atoms with Gasteiger partial charge in [0, 0.05) is 30.2 Å². The van der Waals surface area contributed by atoms with Gasteiger partial charge in [-0.2, -0.15) is 0 Å². The van der Waals surface area contributed by atoms with Crippen LogP contribution < -0.4 is 10.6 Å². The van der Waals surface area contributed by atoms with Crippen LogP contribution in [0.2, 0.25) is 5.15 Å². The summed E-state index contributed by atoms with van der Waals surface area (Å²) in [5.41, 5.74) is 0.772. The number of pyridine rings is 2. The van der Waals surface area contributed by atoms with Gasteiger partial charge in [0.25, 0.3) is 0 Å². The second kappa shape index (κ2) is 6.46. The van der Waals surface area contributed by atoms with E-state index in [4.69, 9.17) is 16.3 Å². The molecule has 0 bridgehead atoms. The number of hydrogen-bond acceptors (Lipinski definition) is 6. The highest BCUT2D eigenvalue weighted by Crippen LogP contribution is 2.21. The number of piperidine rings is 1. The Morgan fingerprint density at radius 2 is 2.36 bits per heavy atom. The number of anilines is 1. The summed E-state index contributed by atoms with van der Waals surface area (Å²) in [6.45, 7) is 1.46. The molecule has 2 aromatic rings. The molecule has 0 spiro atoms. The van der Waals surface area contributed by atoms with Crippen molar-refractivity contribution >= 4 is 34.3 Å². The number of nitrogens with zero attached hydrogens (tertiary/aromatic N) is 2. The third kappa shape index (κ3) is 3.13. The Morgan fingerprint density at radius 1 is 1.50 bits per heavy atom. The highest BCUT2D eigenvalue weighted by atomic mass is 35.5. The summed E-state index contributed by atoms with van der Waals surface area (Å²) >= 11 is 5.91. The summed E-state index contributed by atoms with van der Waals surface area (Å²) in [5, 5.41) is 7.89. The molecule has 2 N–H and O–H groups in total. The van der Waals surface area contributed by atoms with Crippen molar-refractivity contribution in [1.29, 1.82) is 0 Å². The van der Waals surface area contributed by atoms with Crippen molar-refractivity contribution in [1.82, 2.24) is 15.3 Å². The Hall–Kier alpha value is -1.92. The van der Waals surface area contributed by atoms with Gasteiger partial charge in [-0.3, -0.25) is 4.79 Å².